The van der Waals surface area contributed by atoms with Crippen molar-refractivity contribution in [2.24, 2.45) is 0 Å². The minimum absolute atomic E-state index is 0.0832. The van der Waals surface area contributed by atoms with E-state index in [1.54, 1.807) is 30.3 Å². The van der Waals surface area contributed by atoms with E-state index in [1.807, 2.05) is 5.38 Å². The number of ketones is 1. The van der Waals surface area contributed by atoms with Gasteiger partial charge in [0.15, 0.2) is 16.6 Å². The van der Waals surface area contributed by atoms with Gasteiger partial charge in [-0.1, -0.05) is 17.4 Å². The van der Waals surface area contributed by atoms with Crippen molar-refractivity contribution in [3.8, 4) is 11.5 Å². The van der Waals surface area contributed by atoms with Crippen LogP contribution in [0.5, 0.6) is 11.5 Å². The second-order valence-electron chi connectivity index (χ2n) is 7.74. The minimum Gasteiger partial charge on any atom is -0.507 e. The summed E-state index contributed by atoms with van der Waals surface area (Å²) in [7, 11) is 2.94. The number of hydrogen-bond donors (Lipinski definition) is 2. The van der Waals surface area contributed by atoms with Gasteiger partial charge >= 0.3 is 11.9 Å². The van der Waals surface area contributed by atoms with Gasteiger partial charge in [-0.05, 0) is 47.8 Å². The fraction of sp³-hybridized carbons (Fsp3) is 0.120. The molecule has 5 rings (SSSR count). The summed E-state index contributed by atoms with van der Waals surface area (Å²) in [6.07, 6.45) is 0. The van der Waals surface area contributed by atoms with Crippen molar-refractivity contribution in [1.82, 2.24) is 4.98 Å². The molecule has 4 aromatic rings. The molecular weight excluding hydrogens is 504 g/mol. The van der Waals surface area contributed by atoms with Gasteiger partial charge in [-0.3, -0.25) is 14.5 Å². The number of rotatable bonds is 6. The van der Waals surface area contributed by atoms with Crippen LogP contribution in [-0.2, 0) is 9.59 Å². The van der Waals surface area contributed by atoms with Gasteiger partial charge in [0.05, 0.1) is 35.6 Å². The maximum atomic E-state index is 13.3. The van der Waals surface area contributed by atoms with Gasteiger partial charge in [-0.15, -0.1) is 11.3 Å². The van der Waals surface area contributed by atoms with Crippen LogP contribution in [0.1, 0.15) is 26.8 Å². The molecule has 1 unspecified atom stereocenters. The van der Waals surface area contributed by atoms with E-state index in [0.29, 0.717) is 26.6 Å². The number of aliphatic hydroxyl groups is 1. The summed E-state index contributed by atoms with van der Waals surface area (Å²) in [6, 6.07) is 11.8. The molecule has 2 aromatic carbocycles. The van der Waals surface area contributed by atoms with E-state index in [0.717, 1.165) is 11.3 Å². The SMILES string of the molecule is COc1ccc(/C(O)=C2\C(=O)C(=O)N(c3nc4ccc(C(=O)O)cc4s3)C2c2cccs2)cc1OC. The number of carboxylic acid groups (broad SMARTS) is 1. The zero-order chi connectivity index (χ0) is 25.6. The van der Waals surface area contributed by atoms with Crippen LogP contribution in [0.3, 0.4) is 0 Å². The number of amides is 1. The Kier molecular flexibility index (Phi) is 5.94. The highest BCUT2D eigenvalue weighted by Gasteiger charge is 2.48. The molecule has 0 aliphatic carbocycles. The van der Waals surface area contributed by atoms with Gasteiger partial charge in [0.1, 0.15) is 11.8 Å². The number of benzene rings is 2. The second kappa shape index (κ2) is 9.10. The lowest BCUT2D eigenvalue weighted by atomic mass is 9.99. The monoisotopic (exact) mass is 522 g/mol. The summed E-state index contributed by atoms with van der Waals surface area (Å²) >= 11 is 2.42. The molecule has 0 bridgehead atoms. The van der Waals surface area contributed by atoms with E-state index in [1.165, 1.54) is 48.7 Å². The van der Waals surface area contributed by atoms with E-state index in [-0.39, 0.29) is 27.6 Å². The normalized spacial score (nSPS) is 17.1. The highest BCUT2D eigenvalue weighted by atomic mass is 32.1. The number of aliphatic hydroxyl groups excluding tert-OH is 1. The fourth-order valence-electron chi connectivity index (χ4n) is 4.03. The van der Waals surface area contributed by atoms with Gasteiger partial charge < -0.3 is 19.7 Å². The number of methoxy groups -OCH3 is 2. The molecule has 11 heteroatoms. The molecule has 1 fully saturated rings. The summed E-state index contributed by atoms with van der Waals surface area (Å²) in [5, 5.41) is 22.6. The predicted octanol–water partition coefficient (Wildman–Crippen LogP) is 4.70. The molecule has 0 saturated carbocycles. The summed E-state index contributed by atoms with van der Waals surface area (Å²) in [5.41, 5.74) is 0.775. The van der Waals surface area contributed by atoms with E-state index in [4.69, 9.17) is 9.47 Å². The fourth-order valence-corrected chi connectivity index (χ4v) is 5.89. The number of aromatic nitrogens is 1. The molecule has 1 aliphatic rings. The predicted molar refractivity (Wildman–Crippen MR) is 135 cm³/mol. The Morgan fingerprint density at radius 1 is 1.00 bits per heavy atom. The van der Waals surface area contributed by atoms with Gasteiger partial charge in [-0.2, -0.15) is 0 Å². The number of thiazole rings is 1. The number of carbonyl (C=O) groups is 3. The van der Waals surface area contributed by atoms with Crippen molar-refractivity contribution in [2.75, 3.05) is 19.1 Å². The Bertz CT molecular complexity index is 1560. The molecule has 0 radical (unpaired) electrons. The lowest BCUT2D eigenvalue weighted by Crippen LogP contribution is -2.28. The van der Waals surface area contributed by atoms with Crippen LogP contribution in [-0.4, -0.2) is 47.1 Å². The number of anilines is 1. The summed E-state index contributed by atoms with van der Waals surface area (Å²) < 4.78 is 11.1. The highest BCUT2D eigenvalue weighted by Crippen LogP contribution is 2.46. The maximum absolute atomic E-state index is 13.3. The first-order chi connectivity index (χ1) is 17.3. The van der Waals surface area contributed by atoms with Gasteiger partial charge in [0.2, 0.25) is 0 Å². The Morgan fingerprint density at radius 3 is 2.42 bits per heavy atom. The van der Waals surface area contributed by atoms with Crippen LogP contribution in [0.15, 0.2) is 59.5 Å². The number of carboxylic acids is 1. The number of Topliss-reactive ketones (excluding diaryl/α,β-unsaturated/α-hetero) is 1. The van der Waals surface area contributed by atoms with Crippen molar-refractivity contribution in [3.63, 3.8) is 0 Å². The Hall–Kier alpha value is -4.22. The molecule has 0 spiro atoms. The largest absolute Gasteiger partial charge is 0.507 e. The van der Waals surface area contributed by atoms with Crippen LogP contribution in [0.25, 0.3) is 16.0 Å². The number of ether oxygens (including phenoxy) is 2. The maximum Gasteiger partial charge on any atom is 0.335 e. The van der Waals surface area contributed by atoms with Crippen molar-refractivity contribution in [2.45, 2.75) is 6.04 Å². The molecule has 1 amide bonds. The van der Waals surface area contributed by atoms with Crippen molar-refractivity contribution in [1.29, 1.82) is 0 Å². The average Bonchev–Trinajstić information content (AvgIpc) is 3.61. The lowest BCUT2D eigenvalue weighted by molar-refractivity contribution is -0.132. The van der Waals surface area contributed by atoms with E-state index in [9.17, 15) is 24.6 Å². The molecule has 3 heterocycles. The van der Waals surface area contributed by atoms with E-state index in [2.05, 4.69) is 4.98 Å². The van der Waals surface area contributed by atoms with Crippen LogP contribution in [0.4, 0.5) is 5.13 Å². The van der Waals surface area contributed by atoms with Gasteiger partial charge in [-0.25, -0.2) is 9.78 Å². The summed E-state index contributed by atoms with van der Waals surface area (Å²) in [4.78, 5) is 44.4. The molecule has 1 aliphatic heterocycles. The van der Waals surface area contributed by atoms with E-state index >= 15 is 0 Å². The Labute approximate surface area is 212 Å². The van der Waals surface area contributed by atoms with Crippen LogP contribution < -0.4 is 14.4 Å². The van der Waals surface area contributed by atoms with Crippen LogP contribution in [0.2, 0.25) is 0 Å². The molecule has 36 heavy (non-hydrogen) atoms. The Morgan fingerprint density at radius 2 is 1.75 bits per heavy atom. The molecule has 2 N–H and O–H groups in total. The highest BCUT2D eigenvalue weighted by molar-refractivity contribution is 7.22. The van der Waals surface area contributed by atoms with Gasteiger partial charge in [0.25, 0.3) is 5.78 Å². The third-order valence-electron chi connectivity index (χ3n) is 5.74. The first-order valence-electron chi connectivity index (χ1n) is 10.5. The number of thiophene rings is 1. The van der Waals surface area contributed by atoms with Crippen molar-refractivity contribution >= 4 is 61.4 Å². The molecule has 1 atom stereocenters. The smallest absolute Gasteiger partial charge is 0.335 e. The van der Waals surface area contributed by atoms with E-state index < -0.39 is 23.7 Å². The minimum atomic E-state index is -1.08. The molecule has 9 nitrogen and oxygen atoms in total. The summed E-state index contributed by atoms with van der Waals surface area (Å²) in [6.45, 7) is 0. The second-order valence-corrected chi connectivity index (χ2v) is 9.73. The van der Waals surface area contributed by atoms with Crippen molar-refractivity contribution < 1.29 is 34.1 Å². The number of aromatic carboxylic acids is 1. The lowest BCUT2D eigenvalue weighted by Gasteiger charge is -2.21. The summed E-state index contributed by atoms with van der Waals surface area (Å²) in [5.74, 6) is -2.34. The third-order valence-corrected chi connectivity index (χ3v) is 7.69. The van der Waals surface area contributed by atoms with Crippen LogP contribution in [0, 0.1) is 0 Å². The topological polar surface area (TPSA) is 126 Å². The first-order valence-corrected chi connectivity index (χ1v) is 12.2. The number of fused-ring (bicyclic) bond motifs is 1. The molecule has 1 saturated heterocycles. The molecular formula is C25H18N2O7S2. The zero-order valence-corrected chi connectivity index (χ0v) is 20.6. The first kappa shape index (κ1) is 23.5. The molecule has 182 valence electrons. The Balaban J connectivity index is 1.68. The molecule has 2 aromatic heterocycles. The number of carbonyl (C=O) groups excluding carboxylic acids is 2. The van der Waals surface area contributed by atoms with Gasteiger partial charge in [0, 0.05) is 10.4 Å². The van der Waals surface area contributed by atoms with Crippen LogP contribution >= 0.6 is 22.7 Å². The number of hydrogen-bond acceptors (Lipinski definition) is 9. The average molecular weight is 523 g/mol. The standard InChI is InChI=1S/C25H18N2O7S2/c1-33-15-8-6-12(10-16(15)34-2)21(28)19-20(17-4-3-9-35-17)27(23(30)22(19)29)25-26-14-7-5-13(24(31)32)11-18(14)36-25/h3-11,20,28H,1-2H3,(H,31,32)/b21-19+. The number of nitrogens with zero attached hydrogens (tertiary/aromatic N) is 2. The van der Waals surface area contributed by atoms with Crippen molar-refractivity contribution in [3.05, 3.63) is 75.5 Å². The quantitative estimate of drug-likeness (QED) is 0.212. The third kappa shape index (κ3) is 3.78. The zero-order valence-electron chi connectivity index (χ0n) is 18.9.